The molecule has 0 aromatic heterocycles. The Kier molecular flexibility index (Phi) is 16.5. The van der Waals surface area contributed by atoms with Gasteiger partial charge in [0.15, 0.2) is 0 Å². The smallest absolute Gasteiger partial charge is 0.320 e. The van der Waals surface area contributed by atoms with Gasteiger partial charge in [0.05, 0.1) is 13.2 Å². The summed E-state index contributed by atoms with van der Waals surface area (Å²) in [6, 6.07) is 0. The molecule has 150 valence electrons. The number of nitrogens with zero attached hydrogens (tertiary/aromatic N) is 1. The van der Waals surface area contributed by atoms with Crippen molar-refractivity contribution >= 4 is 5.97 Å². The van der Waals surface area contributed by atoms with Gasteiger partial charge < -0.3 is 4.74 Å². The summed E-state index contributed by atoms with van der Waals surface area (Å²) in [7, 11) is 0. The summed E-state index contributed by atoms with van der Waals surface area (Å²) in [5.74, 6) is 1.55. The number of unbranched alkanes of at least 4 members (excludes halogenated alkanes) is 5. The number of rotatable bonds is 17. The van der Waals surface area contributed by atoms with Crippen molar-refractivity contribution < 1.29 is 9.53 Å². The lowest BCUT2D eigenvalue weighted by Crippen LogP contribution is -2.33. The molecule has 0 amide bonds. The predicted molar refractivity (Wildman–Crippen MR) is 109 cm³/mol. The summed E-state index contributed by atoms with van der Waals surface area (Å²) in [4.78, 5) is 14.3. The van der Waals surface area contributed by atoms with E-state index in [0.29, 0.717) is 13.2 Å². The highest BCUT2D eigenvalue weighted by Crippen LogP contribution is 2.11. The van der Waals surface area contributed by atoms with Gasteiger partial charge in [0.25, 0.3) is 0 Å². The largest absolute Gasteiger partial charge is 0.465 e. The van der Waals surface area contributed by atoms with Crippen LogP contribution < -0.4 is 0 Å². The minimum absolute atomic E-state index is 0.0437. The molecule has 0 aromatic rings. The average Bonchev–Trinajstić information content (AvgIpc) is 2.53. The van der Waals surface area contributed by atoms with Crippen molar-refractivity contribution in [3.8, 4) is 0 Å². The van der Waals surface area contributed by atoms with E-state index >= 15 is 0 Å². The molecule has 0 aliphatic heterocycles. The molecule has 0 unspecified atom stereocenters. The summed E-state index contributed by atoms with van der Waals surface area (Å²) in [5.41, 5.74) is 0. The Morgan fingerprint density at radius 1 is 0.800 bits per heavy atom. The molecule has 0 rings (SSSR count). The molecule has 0 aliphatic carbocycles. The fraction of sp³-hybridized carbons (Fsp3) is 0.955. The summed E-state index contributed by atoms with van der Waals surface area (Å²) in [6.07, 6.45) is 12.2. The molecule has 0 saturated heterocycles. The first-order valence-electron chi connectivity index (χ1n) is 10.8. The van der Waals surface area contributed by atoms with Crippen LogP contribution in [0, 0.1) is 11.8 Å². The molecule has 0 fully saturated rings. The second kappa shape index (κ2) is 16.9. The van der Waals surface area contributed by atoms with E-state index in [4.69, 9.17) is 4.74 Å². The Morgan fingerprint density at radius 2 is 1.32 bits per heavy atom. The van der Waals surface area contributed by atoms with Gasteiger partial charge in [0.2, 0.25) is 0 Å². The van der Waals surface area contributed by atoms with E-state index in [9.17, 15) is 4.79 Å². The summed E-state index contributed by atoms with van der Waals surface area (Å²) >= 11 is 0. The Morgan fingerprint density at radius 3 is 1.76 bits per heavy atom. The highest BCUT2D eigenvalue weighted by Gasteiger charge is 2.11. The summed E-state index contributed by atoms with van der Waals surface area (Å²) in [5, 5.41) is 0. The number of esters is 1. The van der Waals surface area contributed by atoms with E-state index in [0.717, 1.165) is 37.8 Å². The Bertz CT molecular complexity index is 284. The maximum atomic E-state index is 12.0. The average molecular weight is 356 g/mol. The van der Waals surface area contributed by atoms with Crippen LogP contribution in [0.3, 0.4) is 0 Å². The van der Waals surface area contributed by atoms with Gasteiger partial charge in [-0.05, 0) is 44.2 Å². The Labute approximate surface area is 157 Å². The topological polar surface area (TPSA) is 29.5 Å². The highest BCUT2D eigenvalue weighted by atomic mass is 16.5. The number of ether oxygens (including phenoxy) is 1. The van der Waals surface area contributed by atoms with Gasteiger partial charge in [-0.3, -0.25) is 9.69 Å². The van der Waals surface area contributed by atoms with Crippen LogP contribution in [0.1, 0.15) is 98.8 Å². The van der Waals surface area contributed by atoms with Crippen molar-refractivity contribution in [3.63, 3.8) is 0 Å². The third-order valence-electron chi connectivity index (χ3n) is 4.63. The first-order valence-corrected chi connectivity index (χ1v) is 10.8. The van der Waals surface area contributed by atoms with Gasteiger partial charge in [0, 0.05) is 0 Å². The van der Waals surface area contributed by atoms with Crippen LogP contribution in [0.25, 0.3) is 0 Å². The monoisotopic (exact) mass is 355 g/mol. The van der Waals surface area contributed by atoms with E-state index < -0.39 is 0 Å². The van der Waals surface area contributed by atoms with Gasteiger partial charge >= 0.3 is 5.97 Å². The summed E-state index contributed by atoms with van der Waals surface area (Å²) < 4.78 is 5.35. The van der Waals surface area contributed by atoms with E-state index in [1.807, 2.05) is 0 Å². The van der Waals surface area contributed by atoms with Gasteiger partial charge in [-0.2, -0.15) is 0 Å². The van der Waals surface area contributed by atoms with Gasteiger partial charge in [0.1, 0.15) is 0 Å². The standard InChI is InChI=1S/C22H45NO2/c1-6-7-18-25-22(24)19-23(16-12-8-10-14-20(2)3)17-13-9-11-15-21(4)5/h20-21H,6-19H2,1-5H3. The van der Waals surface area contributed by atoms with Crippen LogP contribution in [-0.2, 0) is 9.53 Å². The Hall–Kier alpha value is -0.570. The molecule has 0 bridgehead atoms. The third-order valence-corrected chi connectivity index (χ3v) is 4.63. The number of carbonyl (C=O) groups excluding carboxylic acids is 1. The zero-order chi connectivity index (χ0) is 18.9. The van der Waals surface area contributed by atoms with Gasteiger partial charge in [-0.15, -0.1) is 0 Å². The predicted octanol–water partition coefficient (Wildman–Crippen LogP) is 6.06. The zero-order valence-electron chi connectivity index (χ0n) is 17.8. The molecule has 3 heteroatoms. The number of carbonyl (C=O) groups is 1. The van der Waals surface area contributed by atoms with Crippen molar-refractivity contribution in [2.45, 2.75) is 98.8 Å². The highest BCUT2D eigenvalue weighted by molar-refractivity contribution is 5.71. The molecular formula is C22H45NO2. The van der Waals surface area contributed by atoms with Crippen molar-refractivity contribution in [1.29, 1.82) is 0 Å². The van der Waals surface area contributed by atoms with Crippen LogP contribution in [0.4, 0.5) is 0 Å². The third kappa shape index (κ3) is 18.0. The Balaban J connectivity index is 4.05. The molecule has 0 N–H and O–H groups in total. The van der Waals surface area contributed by atoms with Crippen LogP contribution in [0.5, 0.6) is 0 Å². The second-order valence-electron chi connectivity index (χ2n) is 8.34. The maximum absolute atomic E-state index is 12.0. The first-order chi connectivity index (χ1) is 12.0. The lowest BCUT2D eigenvalue weighted by molar-refractivity contribution is -0.145. The lowest BCUT2D eigenvalue weighted by atomic mass is 10.0. The van der Waals surface area contributed by atoms with E-state index in [2.05, 4.69) is 39.5 Å². The molecule has 0 aromatic carbocycles. The van der Waals surface area contributed by atoms with Crippen LogP contribution in [0.15, 0.2) is 0 Å². The quantitative estimate of drug-likeness (QED) is 0.234. The molecule has 25 heavy (non-hydrogen) atoms. The molecule has 0 aliphatic rings. The van der Waals surface area contributed by atoms with Crippen LogP contribution in [0.2, 0.25) is 0 Å². The minimum Gasteiger partial charge on any atom is -0.465 e. The van der Waals surface area contributed by atoms with Crippen LogP contribution >= 0.6 is 0 Å². The molecule has 0 spiro atoms. The molecule has 3 nitrogen and oxygen atoms in total. The second-order valence-corrected chi connectivity index (χ2v) is 8.34. The normalized spacial score (nSPS) is 11.7. The summed E-state index contributed by atoms with van der Waals surface area (Å²) in [6.45, 7) is 14.4. The van der Waals surface area contributed by atoms with E-state index in [1.165, 1.54) is 51.4 Å². The first kappa shape index (κ1) is 24.4. The minimum atomic E-state index is -0.0437. The van der Waals surface area contributed by atoms with Gasteiger partial charge in [-0.25, -0.2) is 0 Å². The number of hydrogen-bond acceptors (Lipinski definition) is 3. The lowest BCUT2D eigenvalue weighted by Gasteiger charge is -2.21. The fourth-order valence-corrected chi connectivity index (χ4v) is 2.96. The number of hydrogen-bond donors (Lipinski definition) is 0. The SMILES string of the molecule is CCCCOC(=O)CN(CCCCCC(C)C)CCCCCC(C)C. The molecular weight excluding hydrogens is 310 g/mol. The van der Waals surface area contributed by atoms with Crippen molar-refractivity contribution in [1.82, 2.24) is 4.90 Å². The zero-order valence-corrected chi connectivity index (χ0v) is 17.8. The molecule has 0 heterocycles. The maximum Gasteiger partial charge on any atom is 0.320 e. The van der Waals surface area contributed by atoms with Crippen molar-refractivity contribution in [2.24, 2.45) is 11.8 Å². The van der Waals surface area contributed by atoms with E-state index in [1.54, 1.807) is 0 Å². The van der Waals surface area contributed by atoms with Crippen molar-refractivity contribution in [3.05, 3.63) is 0 Å². The van der Waals surface area contributed by atoms with E-state index in [-0.39, 0.29) is 5.97 Å². The van der Waals surface area contributed by atoms with Crippen LogP contribution in [-0.4, -0.2) is 37.1 Å². The van der Waals surface area contributed by atoms with Gasteiger partial charge in [-0.1, -0.05) is 79.6 Å². The molecule has 0 saturated carbocycles. The van der Waals surface area contributed by atoms with Crippen molar-refractivity contribution in [2.75, 3.05) is 26.2 Å². The molecule has 0 atom stereocenters. The fourth-order valence-electron chi connectivity index (χ4n) is 2.96. The molecule has 0 radical (unpaired) electrons.